The maximum Gasteiger partial charge on any atom is 0.334 e. The molecule has 26 heavy (non-hydrogen) atoms. The minimum Gasteiger partial charge on any atom is -0.479 e. The highest BCUT2D eigenvalue weighted by Crippen LogP contribution is 2.40. The third-order valence-corrected chi connectivity index (χ3v) is 4.80. The summed E-state index contributed by atoms with van der Waals surface area (Å²) in [5, 5.41) is 14.0. The fraction of sp³-hybridized carbons (Fsp3) is 0.412. The molecule has 2 aromatic rings. The van der Waals surface area contributed by atoms with Crippen molar-refractivity contribution in [3.8, 4) is 5.69 Å². The van der Waals surface area contributed by atoms with E-state index in [2.05, 4.69) is 10.1 Å². The van der Waals surface area contributed by atoms with Gasteiger partial charge in [-0.05, 0) is 25.0 Å². The Labute approximate surface area is 154 Å². The number of ether oxygens (including phenoxy) is 1. The van der Waals surface area contributed by atoms with Gasteiger partial charge in [0.1, 0.15) is 5.82 Å². The quantitative estimate of drug-likeness (QED) is 0.872. The minimum absolute atomic E-state index is 0.0203. The summed E-state index contributed by atoms with van der Waals surface area (Å²) in [4.78, 5) is 29.8. The lowest BCUT2D eigenvalue weighted by molar-refractivity contribution is -0.154. The number of rotatable bonds is 4. The smallest absolute Gasteiger partial charge is 0.334 e. The van der Waals surface area contributed by atoms with Crippen LogP contribution in [-0.4, -0.2) is 62.4 Å². The largest absolute Gasteiger partial charge is 0.479 e. The molecule has 1 aliphatic carbocycles. The van der Waals surface area contributed by atoms with Crippen molar-refractivity contribution in [3.63, 3.8) is 0 Å². The topological polar surface area (TPSA) is 97.6 Å². The molecule has 2 fully saturated rings. The lowest BCUT2D eigenvalue weighted by Gasteiger charge is -2.29. The highest BCUT2D eigenvalue weighted by atomic mass is 35.5. The second-order valence-corrected chi connectivity index (χ2v) is 6.79. The van der Waals surface area contributed by atoms with E-state index in [1.54, 1.807) is 10.7 Å². The van der Waals surface area contributed by atoms with Gasteiger partial charge in [-0.1, -0.05) is 23.7 Å². The third-order valence-electron chi connectivity index (χ3n) is 4.48. The van der Waals surface area contributed by atoms with Crippen molar-refractivity contribution in [1.29, 1.82) is 0 Å². The number of carbonyl (C=O) groups is 2. The van der Waals surface area contributed by atoms with E-state index >= 15 is 0 Å². The van der Waals surface area contributed by atoms with Crippen LogP contribution in [0.1, 0.15) is 35.2 Å². The van der Waals surface area contributed by atoms with Gasteiger partial charge in [-0.25, -0.2) is 14.5 Å². The number of halogens is 1. The van der Waals surface area contributed by atoms with Gasteiger partial charge < -0.3 is 14.7 Å². The number of para-hydroxylation sites is 1. The summed E-state index contributed by atoms with van der Waals surface area (Å²) in [6.45, 7) is 0.457. The highest BCUT2D eigenvalue weighted by molar-refractivity contribution is 6.32. The van der Waals surface area contributed by atoms with Crippen molar-refractivity contribution in [2.24, 2.45) is 0 Å². The number of nitrogens with zero attached hydrogens (tertiary/aromatic N) is 4. The molecule has 2 heterocycles. The van der Waals surface area contributed by atoms with Crippen LogP contribution >= 0.6 is 11.6 Å². The summed E-state index contributed by atoms with van der Waals surface area (Å²) < 4.78 is 6.79. The van der Waals surface area contributed by atoms with E-state index in [1.807, 2.05) is 18.2 Å². The van der Waals surface area contributed by atoms with Crippen LogP contribution in [-0.2, 0) is 9.53 Å². The van der Waals surface area contributed by atoms with Crippen LogP contribution in [0.5, 0.6) is 0 Å². The monoisotopic (exact) mass is 376 g/mol. The van der Waals surface area contributed by atoms with Crippen molar-refractivity contribution in [2.75, 3.05) is 19.7 Å². The average Bonchev–Trinajstić information content (AvgIpc) is 3.40. The second kappa shape index (κ2) is 6.69. The lowest BCUT2D eigenvalue weighted by Crippen LogP contribution is -2.48. The summed E-state index contributed by atoms with van der Waals surface area (Å²) in [5.74, 6) is -0.456. The zero-order valence-electron chi connectivity index (χ0n) is 13.8. The molecule has 9 heteroatoms. The minimum atomic E-state index is -1.09. The molecule has 4 rings (SSSR count). The normalized spacial score (nSPS) is 20.2. The van der Waals surface area contributed by atoms with Crippen LogP contribution in [0, 0.1) is 0 Å². The number of carboxylic acid groups (broad SMARTS) is 1. The lowest BCUT2D eigenvalue weighted by atomic mass is 10.2. The maximum absolute atomic E-state index is 12.8. The standard InChI is InChI=1S/C17H17ClN4O4/c18-11-3-1-2-4-12(11)22-15(10-5-6-10)19-14(20-22)16(23)21-7-8-26-13(9-21)17(24)25/h1-4,10,13H,5-9H2,(H,24,25)/t13-/m0/s1. The Balaban J connectivity index is 1.65. The van der Waals surface area contributed by atoms with Gasteiger partial charge in [0.2, 0.25) is 5.82 Å². The Morgan fingerprint density at radius 1 is 1.27 bits per heavy atom. The Hall–Kier alpha value is -2.45. The van der Waals surface area contributed by atoms with Crippen LogP contribution in [0.2, 0.25) is 5.02 Å². The molecule has 8 nitrogen and oxygen atoms in total. The molecule has 1 amide bonds. The van der Waals surface area contributed by atoms with Gasteiger partial charge in [0, 0.05) is 12.5 Å². The van der Waals surface area contributed by atoms with E-state index in [0.717, 1.165) is 12.8 Å². The fourth-order valence-corrected chi connectivity index (χ4v) is 3.16. The van der Waals surface area contributed by atoms with Crippen LogP contribution < -0.4 is 0 Å². The molecule has 1 aromatic heterocycles. The zero-order chi connectivity index (χ0) is 18.3. The van der Waals surface area contributed by atoms with Crippen LogP contribution in [0.25, 0.3) is 5.69 Å². The number of aromatic nitrogens is 3. The first-order chi connectivity index (χ1) is 12.5. The first kappa shape index (κ1) is 17.0. The molecule has 136 valence electrons. The molecule has 1 N–H and O–H groups in total. The van der Waals surface area contributed by atoms with Crippen molar-refractivity contribution in [1.82, 2.24) is 19.7 Å². The average molecular weight is 377 g/mol. The SMILES string of the molecule is O=C(O)[C@@H]1CN(C(=O)c2nc(C3CC3)n(-c3ccccc3Cl)n2)CCO1. The molecule has 0 spiro atoms. The number of amides is 1. The van der Waals surface area contributed by atoms with E-state index in [-0.39, 0.29) is 24.9 Å². The first-order valence-electron chi connectivity index (χ1n) is 8.40. The highest BCUT2D eigenvalue weighted by Gasteiger charge is 2.35. The number of aliphatic carboxylic acids is 1. The molecule has 2 aliphatic rings. The van der Waals surface area contributed by atoms with Crippen LogP contribution in [0.3, 0.4) is 0 Å². The van der Waals surface area contributed by atoms with Gasteiger partial charge in [-0.3, -0.25) is 4.79 Å². The van der Waals surface area contributed by atoms with Crippen molar-refractivity contribution in [3.05, 3.63) is 40.9 Å². The summed E-state index contributed by atoms with van der Waals surface area (Å²) in [6, 6.07) is 7.26. The number of carbonyl (C=O) groups excluding carboxylic acids is 1. The molecule has 1 aromatic carbocycles. The molecular weight excluding hydrogens is 360 g/mol. The molecule has 1 atom stereocenters. The molecule has 1 saturated heterocycles. The van der Waals surface area contributed by atoms with E-state index in [9.17, 15) is 9.59 Å². The fourth-order valence-electron chi connectivity index (χ4n) is 2.95. The molecule has 1 aliphatic heterocycles. The van der Waals surface area contributed by atoms with Gasteiger partial charge in [0.05, 0.1) is 23.9 Å². The van der Waals surface area contributed by atoms with Crippen LogP contribution in [0.4, 0.5) is 0 Å². The summed E-state index contributed by atoms with van der Waals surface area (Å²) in [7, 11) is 0. The summed E-state index contributed by atoms with van der Waals surface area (Å²) in [5.41, 5.74) is 0.674. The first-order valence-corrected chi connectivity index (χ1v) is 8.78. The zero-order valence-corrected chi connectivity index (χ0v) is 14.6. The number of morpholine rings is 1. The van der Waals surface area contributed by atoms with E-state index in [1.165, 1.54) is 4.90 Å². The Morgan fingerprint density at radius 3 is 2.73 bits per heavy atom. The van der Waals surface area contributed by atoms with Gasteiger partial charge in [-0.15, -0.1) is 5.10 Å². The number of carboxylic acids is 1. The molecule has 0 radical (unpaired) electrons. The third kappa shape index (κ3) is 3.17. The van der Waals surface area contributed by atoms with Crippen molar-refractivity contribution < 1.29 is 19.4 Å². The van der Waals surface area contributed by atoms with E-state index < -0.39 is 18.0 Å². The summed E-state index contributed by atoms with van der Waals surface area (Å²) >= 11 is 6.28. The van der Waals surface area contributed by atoms with E-state index in [0.29, 0.717) is 23.1 Å². The van der Waals surface area contributed by atoms with Gasteiger partial charge in [-0.2, -0.15) is 0 Å². The van der Waals surface area contributed by atoms with E-state index in [4.69, 9.17) is 21.4 Å². The maximum atomic E-state index is 12.8. The second-order valence-electron chi connectivity index (χ2n) is 6.38. The molecule has 1 saturated carbocycles. The Kier molecular flexibility index (Phi) is 4.37. The van der Waals surface area contributed by atoms with Crippen molar-refractivity contribution in [2.45, 2.75) is 24.9 Å². The molecular formula is C17H17ClN4O4. The van der Waals surface area contributed by atoms with Crippen molar-refractivity contribution >= 4 is 23.5 Å². The molecule has 0 unspecified atom stereocenters. The predicted molar refractivity (Wildman–Crippen MR) is 91.6 cm³/mol. The van der Waals surface area contributed by atoms with Crippen LogP contribution in [0.15, 0.2) is 24.3 Å². The van der Waals surface area contributed by atoms with Gasteiger partial charge >= 0.3 is 5.97 Å². The predicted octanol–water partition coefficient (Wildman–Crippen LogP) is 1.72. The van der Waals surface area contributed by atoms with Gasteiger partial charge in [0.25, 0.3) is 5.91 Å². The number of benzene rings is 1. The molecule has 0 bridgehead atoms. The Bertz CT molecular complexity index is 864. The Morgan fingerprint density at radius 2 is 2.04 bits per heavy atom. The number of hydrogen-bond donors (Lipinski definition) is 1. The number of hydrogen-bond acceptors (Lipinski definition) is 5. The summed E-state index contributed by atoms with van der Waals surface area (Å²) in [6.07, 6.45) is 0.964. The van der Waals surface area contributed by atoms with Gasteiger partial charge in [0.15, 0.2) is 6.10 Å².